The number of hydrogen-bond acceptors (Lipinski definition) is 2. The number of nitrogens with zero attached hydrogens (tertiary/aromatic N) is 1. The third-order valence-corrected chi connectivity index (χ3v) is 2.58. The summed E-state index contributed by atoms with van der Waals surface area (Å²) in [5, 5.41) is 0. The molecule has 0 aliphatic carbocycles. The zero-order valence-corrected chi connectivity index (χ0v) is 9.62. The first-order valence-electron chi connectivity index (χ1n) is 5.27. The van der Waals surface area contributed by atoms with Crippen molar-refractivity contribution in [1.82, 2.24) is 4.98 Å². The molecule has 2 nitrogen and oxygen atoms in total. The lowest BCUT2D eigenvalue weighted by Gasteiger charge is -2.09. The zero-order chi connectivity index (χ0) is 13.3. The maximum Gasteiger partial charge on any atom is 0.416 e. The molecule has 0 fully saturated rings. The minimum absolute atomic E-state index is 0.306. The largest absolute Gasteiger partial charge is 0.416 e. The normalized spacial score (nSPS) is 11.6. The van der Waals surface area contributed by atoms with Gasteiger partial charge in [0, 0.05) is 11.8 Å². The Balaban J connectivity index is 2.43. The Morgan fingerprint density at radius 1 is 1.11 bits per heavy atom. The first kappa shape index (κ1) is 12.4. The van der Waals surface area contributed by atoms with Gasteiger partial charge in [0.2, 0.25) is 0 Å². The van der Waals surface area contributed by atoms with Crippen molar-refractivity contribution in [2.75, 3.05) is 5.73 Å². The number of rotatable bonds is 1. The number of hydrogen-bond donors (Lipinski definition) is 1. The van der Waals surface area contributed by atoms with Gasteiger partial charge in [-0.1, -0.05) is 12.1 Å². The lowest BCUT2D eigenvalue weighted by Crippen LogP contribution is -2.04. The molecule has 2 rings (SSSR count). The van der Waals surface area contributed by atoms with Gasteiger partial charge in [-0.15, -0.1) is 0 Å². The number of nitrogens with two attached hydrogens (primary N) is 1. The van der Waals surface area contributed by atoms with Crippen molar-refractivity contribution in [2.24, 2.45) is 0 Å². The highest BCUT2D eigenvalue weighted by Crippen LogP contribution is 2.32. The molecule has 0 amide bonds. The van der Waals surface area contributed by atoms with E-state index < -0.39 is 11.7 Å². The van der Waals surface area contributed by atoms with Crippen LogP contribution in [0.3, 0.4) is 0 Å². The highest BCUT2D eigenvalue weighted by atomic mass is 19.4. The number of anilines is 1. The number of halogens is 3. The molecule has 0 aliphatic rings. The van der Waals surface area contributed by atoms with Crippen molar-refractivity contribution in [3.8, 4) is 11.1 Å². The quantitative estimate of drug-likeness (QED) is 0.841. The lowest BCUT2D eigenvalue weighted by molar-refractivity contribution is -0.137. The van der Waals surface area contributed by atoms with Crippen molar-refractivity contribution in [1.29, 1.82) is 0 Å². The summed E-state index contributed by atoms with van der Waals surface area (Å²) >= 11 is 0. The number of alkyl halides is 3. The van der Waals surface area contributed by atoms with Crippen LogP contribution in [0.5, 0.6) is 0 Å². The second-order valence-corrected chi connectivity index (χ2v) is 4.02. The van der Waals surface area contributed by atoms with E-state index in [1.165, 1.54) is 12.1 Å². The zero-order valence-electron chi connectivity index (χ0n) is 9.62. The molecule has 5 heteroatoms. The summed E-state index contributed by atoms with van der Waals surface area (Å²) in [4.78, 5) is 3.98. The van der Waals surface area contributed by atoms with Gasteiger partial charge < -0.3 is 5.73 Å². The third-order valence-electron chi connectivity index (χ3n) is 2.58. The molecule has 0 saturated carbocycles. The van der Waals surface area contributed by atoms with Crippen LogP contribution in [0, 0.1) is 6.92 Å². The number of aryl methyl sites for hydroxylation is 1. The molecule has 0 bridgehead atoms. The van der Waals surface area contributed by atoms with Gasteiger partial charge in [-0.25, -0.2) is 4.98 Å². The maximum absolute atomic E-state index is 12.4. The molecular weight excluding hydrogens is 241 g/mol. The summed E-state index contributed by atoms with van der Waals surface area (Å²) in [6.45, 7) is 1.85. The Kier molecular flexibility index (Phi) is 2.98. The van der Waals surface area contributed by atoms with Crippen LogP contribution in [0.2, 0.25) is 0 Å². The number of benzene rings is 1. The van der Waals surface area contributed by atoms with Crippen molar-refractivity contribution in [2.45, 2.75) is 13.1 Å². The van der Waals surface area contributed by atoms with Gasteiger partial charge in [0.15, 0.2) is 0 Å². The van der Waals surface area contributed by atoms with Crippen molar-refractivity contribution >= 4 is 5.82 Å². The van der Waals surface area contributed by atoms with E-state index in [2.05, 4.69) is 4.98 Å². The average molecular weight is 252 g/mol. The van der Waals surface area contributed by atoms with Gasteiger partial charge in [-0.3, -0.25) is 0 Å². The van der Waals surface area contributed by atoms with Crippen LogP contribution in [0.4, 0.5) is 19.0 Å². The minimum Gasteiger partial charge on any atom is -0.383 e. The highest BCUT2D eigenvalue weighted by Gasteiger charge is 2.30. The number of nitrogen functional groups attached to an aromatic ring is 1. The molecule has 0 saturated heterocycles. The van der Waals surface area contributed by atoms with Gasteiger partial charge in [-0.05, 0) is 36.2 Å². The second-order valence-electron chi connectivity index (χ2n) is 4.02. The molecule has 18 heavy (non-hydrogen) atoms. The first-order chi connectivity index (χ1) is 8.38. The summed E-state index contributed by atoms with van der Waals surface area (Å²) in [5.41, 5.74) is 7.20. The molecule has 1 aromatic heterocycles. The summed E-state index contributed by atoms with van der Waals surface area (Å²) < 4.78 is 37.3. The number of aromatic nitrogens is 1. The van der Waals surface area contributed by atoms with Gasteiger partial charge in [0.05, 0.1) is 5.56 Å². The van der Waals surface area contributed by atoms with Gasteiger partial charge in [0.1, 0.15) is 5.82 Å². The third kappa shape index (κ3) is 2.45. The fourth-order valence-corrected chi connectivity index (χ4v) is 1.65. The van der Waals surface area contributed by atoms with Crippen LogP contribution in [-0.2, 0) is 6.18 Å². The van der Waals surface area contributed by atoms with Gasteiger partial charge in [0.25, 0.3) is 0 Å². The summed E-state index contributed by atoms with van der Waals surface area (Å²) in [6, 6.07) is 6.67. The molecule has 0 atom stereocenters. The molecule has 2 N–H and O–H groups in total. The Morgan fingerprint density at radius 3 is 2.28 bits per heavy atom. The Morgan fingerprint density at radius 2 is 1.72 bits per heavy atom. The summed E-state index contributed by atoms with van der Waals surface area (Å²) in [7, 11) is 0. The lowest BCUT2D eigenvalue weighted by atomic mass is 10.0. The maximum atomic E-state index is 12.4. The fraction of sp³-hybridized carbons (Fsp3) is 0.154. The first-order valence-corrected chi connectivity index (χ1v) is 5.27. The molecule has 0 unspecified atom stereocenters. The van der Waals surface area contributed by atoms with Crippen molar-refractivity contribution < 1.29 is 13.2 Å². The summed E-state index contributed by atoms with van der Waals surface area (Å²) in [6.07, 6.45) is -2.71. The van der Waals surface area contributed by atoms with Crippen LogP contribution >= 0.6 is 0 Å². The topological polar surface area (TPSA) is 38.9 Å². The highest BCUT2D eigenvalue weighted by molar-refractivity contribution is 5.74. The van der Waals surface area contributed by atoms with Gasteiger partial charge in [-0.2, -0.15) is 13.2 Å². The predicted octanol–water partition coefficient (Wildman–Crippen LogP) is 3.66. The molecule has 2 aromatic rings. The average Bonchev–Trinajstić information content (AvgIpc) is 2.31. The second kappa shape index (κ2) is 4.33. The van der Waals surface area contributed by atoms with E-state index in [9.17, 15) is 13.2 Å². The van der Waals surface area contributed by atoms with E-state index in [4.69, 9.17) is 5.73 Å². The van der Waals surface area contributed by atoms with E-state index in [0.717, 1.165) is 17.7 Å². The van der Waals surface area contributed by atoms with Crippen LogP contribution in [0.15, 0.2) is 36.5 Å². The van der Waals surface area contributed by atoms with E-state index in [1.54, 1.807) is 12.3 Å². The molecule has 0 aliphatic heterocycles. The van der Waals surface area contributed by atoms with Crippen LogP contribution in [-0.4, -0.2) is 4.98 Å². The molecule has 0 radical (unpaired) electrons. The Hall–Kier alpha value is -2.04. The van der Waals surface area contributed by atoms with Crippen molar-refractivity contribution in [3.63, 3.8) is 0 Å². The molecule has 94 valence electrons. The van der Waals surface area contributed by atoms with E-state index in [0.29, 0.717) is 16.9 Å². The number of pyridine rings is 1. The monoisotopic (exact) mass is 252 g/mol. The van der Waals surface area contributed by atoms with E-state index >= 15 is 0 Å². The smallest absolute Gasteiger partial charge is 0.383 e. The standard InChI is InChI=1S/C13H11F3N2/c1-8-6-11(12(17)18-7-8)9-2-4-10(5-3-9)13(14,15)16/h2-7H,1H3,(H2,17,18). The van der Waals surface area contributed by atoms with Gasteiger partial charge >= 0.3 is 6.18 Å². The summed E-state index contributed by atoms with van der Waals surface area (Å²) in [5.74, 6) is 0.306. The molecular formula is C13H11F3N2. The van der Waals surface area contributed by atoms with Crippen LogP contribution in [0.1, 0.15) is 11.1 Å². The van der Waals surface area contributed by atoms with Crippen LogP contribution in [0.25, 0.3) is 11.1 Å². The van der Waals surface area contributed by atoms with Crippen LogP contribution < -0.4 is 5.73 Å². The van der Waals surface area contributed by atoms with E-state index in [1.807, 2.05) is 6.92 Å². The Labute approximate surface area is 102 Å². The fourth-order valence-electron chi connectivity index (χ4n) is 1.65. The molecule has 1 heterocycles. The minimum atomic E-state index is -4.32. The molecule has 0 spiro atoms. The molecule has 1 aromatic carbocycles. The predicted molar refractivity (Wildman–Crippen MR) is 63.8 cm³/mol. The van der Waals surface area contributed by atoms with Crippen molar-refractivity contribution in [3.05, 3.63) is 47.7 Å². The van der Waals surface area contributed by atoms with E-state index in [-0.39, 0.29) is 0 Å². The SMILES string of the molecule is Cc1cnc(N)c(-c2ccc(C(F)(F)F)cc2)c1. The Bertz CT molecular complexity index is 559.